The summed E-state index contributed by atoms with van der Waals surface area (Å²) in [5.74, 6) is -0.716. The first kappa shape index (κ1) is 19.8. The lowest BCUT2D eigenvalue weighted by Gasteiger charge is -2.42. The number of sulfonamides is 1. The Morgan fingerprint density at radius 2 is 1.87 bits per heavy atom. The lowest BCUT2D eigenvalue weighted by atomic mass is 10.0. The number of aromatic amines is 1. The molecule has 2 fully saturated rings. The van der Waals surface area contributed by atoms with Gasteiger partial charge in [0.05, 0.1) is 11.4 Å². The molecule has 0 saturated carbocycles. The highest BCUT2D eigenvalue weighted by Gasteiger charge is 2.43. The number of H-pyrrole nitrogens is 1. The second kappa shape index (κ2) is 7.54. The zero-order chi connectivity index (χ0) is 21.6. The molecule has 3 aromatic rings. The quantitative estimate of drug-likeness (QED) is 0.620. The smallest absolute Gasteiger partial charge is 0.278 e. The van der Waals surface area contributed by atoms with E-state index < -0.39 is 10.0 Å². The predicted molar refractivity (Wildman–Crippen MR) is 109 cm³/mol. The number of halogens is 1. The Labute approximate surface area is 177 Å². The van der Waals surface area contributed by atoms with E-state index in [2.05, 4.69) is 25.1 Å². The summed E-state index contributed by atoms with van der Waals surface area (Å²) < 4.78 is 39.5. The van der Waals surface area contributed by atoms with Gasteiger partial charge in [-0.15, -0.1) is 0 Å². The van der Waals surface area contributed by atoms with Crippen molar-refractivity contribution < 1.29 is 17.6 Å². The monoisotopic (exact) mass is 445 g/mol. The van der Waals surface area contributed by atoms with Crippen molar-refractivity contribution in [2.24, 2.45) is 5.92 Å². The molecule has 0 aliphatic carbocycles. The van der Waals surface area contributed by atoms with Crippen molar-refractivity contribution >= 4 is 32.5 Å². The van der Waals surface area contributed by atoms with Gasteiger partial charge < -0.3 is 9.80 Å². The van der Waals surface area contributed by atoms with E-state index in [1.807, 2.05) is 6.07 Å². The average molecular weight is 445 g/mol. The largest absolute Gasteiger partial charge is 0.367 e. The number of fused-ring (bicyclic) bond motifs is 1. The van der Waals surface area contributed by atoms with Crippen LogP contribution in [0.3, 0.4) is 0 Å². The van der Waals surface area contributed by atoms with Crippen molar-refractivity contribution in [2.75, 3.05) is 44.2 Å². The number of aromatic nitrogens is 4. The Balaban J connectivity index is 1.21. The fourth-order valence-electron chi connectivity index (χ4n) is 4.04. The minimum Gasteiger partial charge on any atom is -0.367 e. The summed E-state index contributed by atoms with van der Waals surface area (Å²) in [7, 11) is -3.73. The van der Waals surface area contributed by atoms with Gasteiger partial charge in [-0.1, -0.05) is 0 Å². The third kappa shape index (κ3) is 3.51. The van der Waals surface area contributed by atoms with Gasteiger partial charge in [0.15, 0.2) is 0 Å². The summed E-state index contributed by atoms with van der Waals surface area (Å²) in [6.07, 6.45) is 2.80. The van der Waals surface area contributed by atoms with Crippen LogP contribution in [0.4, 0.5) is 10.1 Å². The van der Waals surface area contributed by atoms with Crippen molar-refractivity contribution in [3.8, 4) is 0 Å². The van der Waals surface area contributed by atoms with Crippen LogP contribution in [0.1, 0.15) is 0 Å². The highest BCUT2D eigenvalue weighted by molar-refractivity contribution is 7.89. The zero-order valence-electron chi connectivity index (χ0n) is 16.5. The number of anilines is 1. The first-order valence-corrected chi connectivity index (χ1v) is 11.3. The van der Waals surface area contributed by atoms with Gasteiger partial charge in [-0.3, -0.25) is 9.78 Å². The number of amides is 1. The van der Waals surface area contributed by atoms with Crippen LogP contribution < -0.4 is 4.90 Å². The lowest BCUT2D eigenvalue weighted by Crippen LogP contribution is -2.59. The maximum Gasteiger partial charge on any atom is 0.278 e. The molecule has 2 aliphatic heterocycles. The fraction of sp³-hybridized carbons (Fsp3) is 0.368. The molecule has 0 spiro atoms. The number of benzene rings is 1. The van der Waals surface area contributed by atoms with E-state index >= 15 is 0 Å². The van der Waals surface area contributed by atoms with Gasteiger partial charge in [-0.2, -0.15) is 9.40 Å². The number of pyridine rings is 1. The van der Waals surface area contributed by atoms with Crippen molar-refractivity contribution in [2.45, 2.75) is 5.16 Å². The van der Waals surface area contributed by atoms with Crippen LogP contribution >= 0.6 is 0 Å². The molecule has 4 heterocycles. The molecule has 12 heteroatoms. The Bertz CT molecular complexity index is 1220. The summed E-state index contributed by atoms with van der Waals surface area (Å²) in [6.45, 7) is 2.62. The van der Waals surface area contributed by atoms with E-state index in [0.717, 1.165) is 17.4 Å². The van der Waals surface area contributed by atoms with Crippen molar-refractivity contribution in [1.29, 1.82) is 0 Å². The van der Waals surface area contributed by atoms with Crippen LogP contribution in [-0.2, 0) is 14.8 Å². The molecule has 0 atom stereocenters. The van der Waals surface area contributed by atoms with E-state index in [9.17, 15) is 17.6 Å². The molecular weight excluding hydrogens is 425 g/mol. The minimum absolute atomic E-state index is 0.0367. The Morgan fingerprint density at radius 1 is 1.10 bits per heavy atom. The third-order valence-electron chi connectivity index (χ3n) is 5.79. The van der Waals surface area contributed by atoms with Crippen LogP contribution in [0.25, 0.3) is 10.9 Å². The van der Waals surface area contributed by atoms with E-state index in [-0.39, 0.29) is 35.9 Å². The molecule has 1 aromatic carbocycles. The zero-order valence-corrected chi connectivity index (χ0v) is 17.3. The number of carbonyl (C=O) groups excluding carboxylic acids is 1. The van der Waals surface area contributed by atoms with Crippen molar-refractivity contribution in [3.63, 3.8) is 0 Å². The average Bonchev–Trinajstić information content (AvgIpc) is 3.28. The van der Waals surface area contributed by atoms with Crippen molar-refractivity contribution in [1.82, 2.24) is 29.4 Å². The number of hydrogen-bond donors (Lipinski definition) is 1. The predicted octanol–water partition coefficient (Wildman–Crippen LogP) is 0.461. The Kier molecular flexibility index (Phi) is 4.82. The molecule has 2 aromatic heterocycles. The van der Waals surface area contributed by atoms with Crippen LogP contribution in [-0.4, -0.2) is 83.0 Å². The number of nitrogens with zero attached hydrogens (tertiary/aromatic N) is 6. The fourth-order valence-corrected chi connectivity index (χ4v) is 5.38. The topological polar surface area (TPSA) is 115 Å². The molecule has 162 valence electrons. The van der Waals surface area contributed by atoms with Gasteiger partial charge in [-0.25, -0.2) is 22.9 Å². The summed E-state index contributed by atoms with van der Waals surface area (Å²) >= 11 is 0. The third-order valence-corrected chi connectivity index (χ3v) is 7.45. The van der Waals surface area contributed by atoms with Gasteiger partial charge in [0, 0.05) is 62.6 Å². The van der Waals surface area contributed by atoms with Gasteiger partial charge in [0.2, 0.25) is 5.91 Å². The van der Waals surface area contributed by atoms with E-state index in [1.165, 1.54) is 16.4 Å². The molecule has 1 N–H and O–H groups in total. The van der Waals surface area contributed by atoms with Gasteiger partial charge in [0.25, 0.3) is 15.2 Å². The summed E-state index contributed by atoms with van der Waals surface area (Å²) in [6, 6.07) is 6.45. The SMILES string of the molecule is O=C(C1CN(S(=O)(=O)c2ncn[nH]2)C1)N1CCN(c2ccnc3cc(F)ccc23)CC1. The Hall–Kier alpha value is -3.12. The summed E-state index contributed by atoms with van der Waals surface area (Å²) in [4.78, 5) is 24.7. The second-order valence-electron chi connectivity index (χ2n) is 7.61. The van der Waals surface area contributed by atoms with E-state index in [0.29, 0.717) is 31.7 Å². The summed E-state index contributed by atoms with van der Waals surface area (Å²) in [5, 5.41) is 6.58. The number of rotatable bonds is 4. The van der Waals surface area contributed by atoms with E-state index in [4.69, 9.17) is 0 Å². The minimum atomic E-state index is -3.73. The van der Waals surface area contributed by atoms with E-state index in [1.54, 1.807) is 17.2 Å². The number of carbonyl (C=O) groups is 1. The summed E-state index contributed by atoms with van der Waals surface area (Å²) in [5.41, 5.74) is 1.56. The first-order chi connectivity index (χ1) is 14.9. The molecule has 0 radical (unpaired) electrons. The van der Waals surface area contributed by atoms with Gasteiger partial charge >= 0.3 is 0 Å². The van der Waals surface area contributed by atoms with Crippen LogP contribution in [0.5, 0.6) is 0 Å². The van der Waals surface area contributed by atoms with Crippen LogP contribution in [0.2, 0.25) is 0 Å². The number of nitrogens with one attached hydrogen (secondary N) is 1. The molecule has 10 nitrogen and oxygen atoms in total. The van der Waals surface area contributed by atoms with Crippen molar-refractivity contribution in [3.05, 3.63) is 42.6 Å². The first-order valence-electron chi connectivity index (χ1n) is 9.87. The number of piperazine rings is 1. The highest BCUT2D eigenvalue weighted by Crippen LogP contribution is 2.28. The molecule has 31 heavy (non-hydrogen) atoms. The maximum absolute atomic E-state index is 13.5. The second-order valence-corrected chi connectivity index (χ2v) is 9.47. The van der Waals surface area contributed by atoms with Crippen LogP contribution in [0.15, 0.2) is 41.9 Å². The Morgan fingerprint density at radius 3 is 2.58 bits per heavy atom. The highest BCUT2D eigenvalue weighted by atomic mass is 32.2. The standard InChI is InChI=1S/C19H20FN7O3S/c20-14-1-2-15-16(9-14)21-4-3-17(15)25-5-7-26(8-6-25)18(28)13-10-27(11-13)31(29,30)19-22-12-23-24-19/h1-4,9,12-13H,5-8,10-11H2,(H,22,23,24). The molecular formula is C19H20FN7O3S. The molecule has 0 unspecified atom stereocenters. The maximum atomic E-state index is 13.5. The normalized spacial score (nSPS) is 18.4. The van der Waals surface area contributed by atoms with Crippen LogP contribution in [0, 0.1) is 11.7 Å². The molecule has 5 rings (SSSR count). The molecule has 2 saturated heterocycles. The lowest BCUT2D eigenvalue weighted by molar-refractivity contribution is -0.139. The van der Waals surface area contributed by atoms with Gasteiger partial charge in [-0.05, 0) is 18.2 Å². The van der Waals surface area contributed by atoms with Gasteiger partial charge in [0.1, 0.15) is 12.1 Å². The molecule has 0 bridgehead atoms. The molecule has 2 aliphatic rings. The molecule has 1 amide bonds. The number of hydrogen-bond acceptors (Lipinski definition) is 7.